The van der Waals surface area contributed by atoms with E-state index >= 15 is 0 Å². The largest absolute Gasteiger partial charge is 0.379 e. The van der Waals surface area contributed by atoms with Crippen molar-refractivity contribution in [1.82, 2.24) is 32.6 Å². The molecule has 0 unspecified atom stereocenters. The molecule has 2 aliphatic rings. The molecule has 1 N–H and O–H groups in total. The Morgan fingerprint density at radius 2 is 1.76 bits per heavy atom. The van der Waals surface area contributed by atoms with Gasteiger partial charge in [-0.2, -0.15) is 17.4 Å². The van der Waals surface area contributed by atoms with E-state index in [1.165, 1.54) is 20.7 Å². The van der Waals surface area contributed by atoms with Crippen LogP contribution in [0.4, 0.5) is 0 Å². The van der Waals surface area contributed by atoms with Crippen molar-refractivity contribution in [1.29, 1.82) is 0 Å². The summed E-state index contributed by atoms with van der Waals surface area (Å²) in [7, 11) is -7.45. The van der Waals surface area contributed by atoms with Gasteiger partial charge < -0.3 is 4.74 Å². The number of hydrogen-bond donors (Lipinski definition) is 1. The van der Waals surface area contributed by atoms with Crippen molar-refractivity contribution in [2.45, 2.75) is 43.0 Å². The van der Waals surface area contributed by atoms with Gasteiger partial charge in [-0.3, -0.25) is 4.40 Å². The molecule has 1 aliphatic heterocycles. The zero-order valence-corrected chi connectivity index (χ0v) is 21.8. The normalized spacial score (nSPS) is 21.8. The fraction of sp³-hybridized carbons (Fsp3) is 0.435. The summed E-state index contributed by atoms with van der Waals surface area (Å²) in [6.45, 7) is 3.36. The van der Waals surface area contributed by atoms with Gasteiger partial charge in [0.2, 0.25) is 0 Å². The molecule has 1 saturated heterocycles. The van der Waals surface area contributed by atoms with Crippen LogP contribution in [0.1, 0.15) is 36.6 Å². The average Bonchev–Trinajstić information content (AvgIpc) is 3.62. The highest BCUT2D eigenvalue weighted by molar-refractivity contribution is 7.90. The average molecular weight is 546 g/mol. The Morgan fingerprint density at radius 3 is 2.51 bits per heavy atom. The fourth-order valence-corrected chi connectivity index (χ4v) is 7.84. The number of hydrogen-bond acceptors (Lipinski definition) is 8. The Bertz CT molecular complexity index is 1670. The van der Waals surface area contributed by atoms with Gasteiger partial charge >= 0.3 is 0 Å². The lowest BCUT2D eigenvalue weighted by atomic mass is 10.1. The molecule has 3 aromatic heterocycles. The molecule has 2 atom stereocenters. The third-order valence-corrected chi connectivity index (χ3v) is 10.4. The molecule has 0 radical (unpaired) electrons. The molecule has 1 saturated carbocycles. The first kappa shape index (κ1) is 24.4. The molecule has 1 aliphatic carbocycles. The Balaban J connectivity index is 1.30. The Kier molecular flexibility index (Phi) is 6.03. The monoisotopic (exact) mass is 545 g/mol. The highest BCUT2D eigenvalue weighted by atomic mass is 32.2. The minimum absolute atomic E-state index is 0.0463. The van der Waals surface area contributed by atoms with Crippen LogP contribution in [0, 0.1) is 6.92 Å². The maximum atomic E-state index is 13.3. The number of morpholine rings is 1. The van der Waals surface area contributed by atoms with Gasteiger partial charge in [-0.1, -0.05) is 17.7 Å². The second-order valence-corrected chi connectivity index (χ2v) is 13.0. The number of ether oxygens (including phenoxy) is 1. The van der Waals surface area contributed by atoms with Crippen molar-refractivity contribution >= 4 is 37.0 Å². The lowest BCUT2D eigenvalue weighted by molar-refractivity contribution is 0.0723. The standard InChI is InChI=1S/C23H27N7O5S2/c1-16-2-6-19(7-3-16)36(31,32)29-9-8-20-23(29)24-15-21-25-26-22(30(20)21)17-4-5-18(14-17)27-37(33,34)28-10-12-35-13-11-28/h2-3,6-9,15,17-18,27H,4-5,10-14H2,1H3/t17-,18+/m1/s1. The predicted molar refractivity (Wildman–Crippen MR) is 135 cm³/mol. The summed E-state index contributed by atoms with van der Waals surface area (Å²) in [5, 5.41) is 8.65. The maximum absolute atomic E-state index is 13.3. The van der Waals surface area contributed by atoms with Crippen LogP contribution >= 0.6 is 0 Å². The summed E-state index contributed by atoms with van der Waals surface area (Å²) in [5.41, 5.74) is 2.32. The number of benzene rings is 1. The first-order valence-electron chi connectivity index (χ1n) is 12.1. The first-order valence-corrected chi connectivity index (χ1v) is 15.0. The van der Waals surface area contributed by atoms with E-state index < -0.39 is 20.2 Å². The fourth-order valence-electron chi connectivity index (χ4n) is 5.13. The SMILES string of the molecule is Cc1ccc(S(=O)(=O)n2ccc3c2ncc2nnc([C@@H]4CC[C@H](NS(=O)(=O)N5CCOCC5)C4)n23)cc1. The second-order valence-electron chi connectivity index (χ2n) is 9.49. The third-order valence-electron chi connectivity index (χ3n) is 7.06. The third kappa shape index (κ3) is 4.32. The number of rotatable bonds is 6. The number of nitrogens with one attached hydrogen (secondary N) is 1. The molecule has 4 aromatic rings. The Labute approximate surface area is 214 Å². The van der Waals surface area contributed by atoms with E-state index in [0.717, 1.165) is 12.0 Å². The van der Waals surface area contributed by atoms with Gasteiger partial charge in [-0.25, -0.2) is 17.4 Å². The van der Waals surface area contributed by atoms with Crippen LogP contribution < -0.4 is 4.72 Å². The van der Waals surface area contributed by atoms with Crippen LogP contribution in [-0.2, 0) is 25.0 Å². The topological polar surface area (TPSA) is 141 Å². The van der Waals surface area contributed by atoms with Gasteiger partial charge in [0.1, 0.15) is 5.82 Å². The summed E-state index contributed by atoms with van der Waals surface area (Å²) in [6.07, 6.45) is 4.96. The van der Waals surface area contributed by atoms with Gasteiger partial charge in [-0.05, 0) is 44.4 Å². The molecule has 14 heteroatoms. The molecule has 2 fully saturated rings. The number of fused-ring (bicyclic) bond motifs is 3. The first-order chi connectivity index (χ1) is 17.7. The van der Waals surface area contributed by atoms with Crippen molar-refractivity contribution < 1.29 is 21.6 Å². The lowest BCUT2D eigenvalue weighted by Gasteiger charge is -2.27. The second kappa shape index (κ2) is 9.13. The van der Waals surface area contributed by atoms with Gasteiger partial charge in [0.15, 0.2) is 11.3 Å². The molecule has 4 heterocycles. The van der Waals surface area contributed by atoms with Crippen LogP contribution in [0.25, 0.3) is 16.8 Å². The molecule has 37 heavy (non-hydrogen) atoms. The summed E-state index contributed by atoms with van der Waals surface area (Å²) in [5.74, 6) is 0.621. The molecule has 12 nitrogen and oxygen atoms in total. The van der Waals surface area contributed by atoms with E-state index in [9.17, 15) is 16.8 Å². The molecule has 1 aromatic carbocycles. The molecule has 0 amide bonds. The van der Waals surface area contributed by atoms with E-state index in [1.807, 2.05) is 11.3 Å². The van der Waals surface area contributed by atoms with Gasteiger partial charge in [0, 0.05) is 31.2 Å². The number of aromatic nitrogens is 5. The minimum atomic E-state index is -3.85. The smallest absolute Gasteiger partial charge is 0.279 e. The van der Waals surface area contributed by atoms with E-state index in [2.05, 4.69) is 19.9 Å². The molecule has 0 bridgehead atoms. The summed E-state index contributed by atoms with van der Waals surface area (Å²) in [4.78, 5) is 4.56. The molecule has 196 valence electrons. The van der Waals surface area contributed by atoms with Gasteiger partial charge in [0.05, 0.1) is 29.8 Å². The van der Waals surface area contributed by atoms with E-state index in [4.69, 9.17) is 4.74 Å². The summed E-state index contributed by atoms with van der Waals surface area (Å²) >= 11 is 0. The van der Waals surface area contributed by atoms with Crippen LogP contribution in [0.3, 0.4) is 0 Å². The van der Waals surface area contributed by atoms with Crippen LogP contribution in [0.5, 0.6) is 0 Å². The van der Waals surface area contributed by atoms with Gasteiger partial charge in [-0.15, -0.1) is 10.2 Å². The van der Waals surface area contributed by atoms with Crippen LogP contribution in [0.2, 0.25) is 0 Å². The van der Waals surface area contributed by atoms with Gasteiger partial charge in [0.25, 0.3) is 20.2 Å². The minimum Gasteiger partial charge on any atom is -0.379 e. The number of aryl methyl sites for hydroxylation is 1. The zero-order chi connectivity index (χ0) is 25.8. The zero-order valence-electron chi connectivity index (χ0n) is 20.2. The van der Waals surface area contributed by atoms with E-state index in [0.29, 0.717) is 56.1 Å². The van der Waals surface area contributed by atoms with Crippen molar-refractivity contribution in [2.75, 3.05) is 26.3 Å². The summed E-state index contributed by atoms with van der Waals surface area (Å²) in [6, 6.07) is 8.14. The van der Waals surface area contributed by atoms with E-state index in [-0.39, 0.29) is 22.5 Å². The Hall–Kier alpha value is -2.91. The maximum Gasteiger partial charge on any atom is 0.279 e. The summed E-state index contributed by atoms with van der Waals surface area (Å²) < 4.78 is 64.8. The highest BCUT2D eigenvalue weighted by Crippen LogP contribution is 2.35. The van der Waals surface area contributed by atoms with Crippen LogP contribution in [-0.4, -0.2) is 77.0 Å². The molecular weight excluding hydrogens is 518 g/mol. The Morgan fingerprint density at radius 1 is 1.00 bits per heavy atom. The van der Waals surface area contributed by atoms with Crippen molar-refractivity contribution in [3.05, 3.63) is 54.1 Å². The predicted octanol–water partition coefficient (Wildman–Crippen LogP) is 1.43. The van der Waals surface area contributed by atoms with Crippen molar-refractivity contribution in [3.8, 4) is 0 Å². The van der Waals surface area contributed by atoms with E-state index in [1.54, 1.807) is 30.3 Å². The highest BCUT2D eigenvalue weighted by Gasteiger charge is 2.34. The number of nitrogens with zero attached hydrogens (tertiary/aromatic N) is 6. The lowest BCUT2D eigenvalue weighted by Crippen LogP contribution is -2.49. The van der Waals surface area contributed by atoms with Crippen molar-refractivity contribution in [3.63, 3.8) is 0 Å². The molecule has 0 spiro atoms. The molecular formula is C23H27N7O5S2. The van der Waals surface area contributed by atoms with Crippen LogP contribution in [0.15, 0.2) is 47.6 Å². The quantitative estimate of drug-likeness (QED) is 0.384. The van der Waals surface area contributed by atoms with Crippen molar-refractivity contribution in [2.24, 2.45) is 0 Å². The molecule has 6 rings (SSSR count).